The molecule has 14 heteroatoms. The van der Waals surface area contributed by atoms with Crippen LogP contribution in [0.4, 0.5) is 0 Å². The number of benzene rings is 10. The van der Waals surface area contributed by atoms with Crippen LogP contribution in [-0.4, -0.2) is 64.0 Å². The van der Waals surface area contributed by atoms with Crippen molar-refractivity contribution in [2.75, 3.05) is 0 Å². The van der Waals surface area contributed by atoms with E-state index in [1.165, 1.54) is 43.6 Å². The van der Waals surface area contributed by atoms with Gasteiger partial charge < -0.3 is 14.5 Å². The Kier molecular flexibility index (Phi) is 17.3. The molecule has 0 radical (unpaired) electrons. The maximum absolute atomic E-state index is 5.16. The molecule has 0 amide bonds. The second-order valence-corrected chi connectivity index (χ2v) is 26.7. The fourth-order valence-corrected chi connectivity index (χ4v) is 14.4. The van der Waals surface area contributed by atoms with Gasteiger partial charge in [-0.3, -0.25) is 15.0 Å². The number of hydrogen-bond donors (Lipinski definition) is 1. The zero-order chi connectivity index (χ0) is 73.1. The van der Waals surface area contributed by atoms with Crippen molar-refractivity contribution >= 4 is 43.6 Å². The number of nitrogens with zero attached hydrogens (tertiary/aromatic N) is 13. The maximum Gasteiger partial charge on any atom is 0.165 e. The minimum Gasteiger partial charge on any atom is -0.379 e. The monoisotopic (exact) mass is 1410 g/mol. The van der Waals surface area contributed by atoms with Crippen molar-refractivity contribution < 1.29 is 0 Å². The first kappa shape index (κ1) is 65.6. The fraction of sp³-hybridized carbons (Fsp3) is 0.0104. The number of dihydropyridines is 1. The summed E-state index contributed by atoms with van der Waals surface area (Å²) in [4.78, 5) is 54.0. The highest BCUT2D eigenvalue weighted by atomic mass is 15.1. The Morgan fingerprint density at radius 3 is 1.04 bits per heavy atom. The fourth-order valence-electron chi connectivity index (χ4n) is 14.4. The van der Waals surface area contributed by atoms with Gasteiger partial charge in [0.05, 0.1) is 68.0 Å². The number of aromatic nitrogens is 13. The van der Waals surface area contributed by atoms with Crippen molar-refractivity contribution in [1.29, 1.82) is 0 Å². The second-order valence-electron chi connectivity index (χ2n) is 26.7. The van der Waals surface area contributed by atoms with Crippen molar-refractivity contribution in [3.05, 3.63) is 382 Å². The summed E-state index contributed by atoms with van der Waals surface area (Å²) in [5, 5.41) is 8.41. The predicted octanol–water partition coefficient (Wildman–Crippen LogP) is 22.0. The van der Waals surface area contributed by atoms with Gasteiger partial charge in [0.2, 0.25) is 0 Å². The van der Waals surface area contributed by atoms with Gasteiger partial charge in [0.1, 0.15) is 0 Å². The summed E-state index contributed by atoms with van der Waals surface area (Å²) in [6.07, 6.45) is 13.5. The topological polar surface area (TPSA) is 164 Å². The van der Waals surface area contributed by atoms with E-state index in [1.54, 1.807) is 6.20 Å². The van der Waals surface area contributed by atoms with E-state index >= 15 is 0 Å². The van der Waals surface area contributed by atoms with E-state index in [-0.39, 0.29) is 6.04 Å². The highest BCUT2D eigenvalue weighted by Crippen LogP contribution is 2.39. The second kappa shape index (κ2) is 29.1. The van der Waals surface area contributed by atoms with Crippen LogP contribution in [0.15, 0.2) is 377 Å². The van der Waals surface area contributed by atoms with Crippen molar-refractivity contribution in [2.45, 2.75) is 6.04 Å². The van der Waals surface area contributed by atoms with Crippen LogP contribution < -0.4 is 5.32 Å². The van der Waals surface area contributed by atoms with Crippen LogP contribution in [0.25, 0.3) is 180 Å². The lowest BCUT2D eigenvalue weighted by atomic mass is 10.00. The van der Waals surface area contributed by atoms with Crippen LogP contribution in [0.5, 0.6) is 0 Å². The van der Waals surface area contributed by atoms with E-state index in [4.69, 9.17) is 49.8 Å². The summed E-state index contributed by atoms with van der Waals surface area (Å²) in [5.41, 5.74) is 21.8. The largest absolute Gasteiger partial charge is 0.379 e. The van der Waals surface area contributed by atoms with Crippen molar-refractivity contribution in [3.63, 3.8) is 0 Å². The standard InChI is InChI=1S/C48H33N7.C48H31N7/c1-3-14-32(15-4-1)46-52-47(33-16-5-2-6-17-33)54-48(53-46)35-25-26-41(50-31-35)43-30-36(29-42(51-43)40-22-11-12-27-49-40)34-18-13-19-37(28-34)55-44-23-9-7-20-38(44)39-21-8-10-24-45(39)55;1-3-13-33(14-4-1)46-52-47(34-15-5-2-6-16-34)54-48(53-46)35-24-27-41(50-31-35)43-30-36(29-42(51-43)40-19-11-12-28-49-40)32-22-25-37(26-23-32)55-44-20-9-7-17-38(44)39-18-8-10-21-45(39)55/h1-31,40,49H;1-31H. The predicted molar refractivity (Wildman–Crippen MR) is 441 cm³/mol. The van der Waals surface area contributed by atoms with Crippen LogP contribution >= 0.6 is 0 Å². The smallest absolute Gasteiger partial charge is 0.165 e. The summed E-state index contributed by atoms with van der Waals surface area (Å²) in [5.74, 6) is 3.53. The molecular weight excluding hydrogens is 1350 g/mol. The lowest BCUT2D eigenvalue weighted by Gasteiger charge is -2.18. The Labute approximate surface area is 633 Å². The van der Waals surface area contributed by atoms with Gasteiger partial charge in [0, 0.05) is 84.9 Å². The van der Waals surface area contributed by atoms with E-state index in [0.29, 0.717) is 34.9 Å². The van der Waals surface area contributed by atoms with Gasteiger partial charge in [-0.15, -0.1) is 0 Å². The molecule has 110 heavy (non-hydrogen) atoms. The molecule has 1 atom stereocenters. The van der Waals surface area contributed by atoms with Crippen LogP contribution in [0, 0.1) is 0 Å². The third kappa shape index (κ3) is 13.1. The van der Waals surface area contributed by atoms with Gasteiger partial charge in [-0.05, 0) is 144 Å². The van der Waals surface area contributed by atoms with E-state index < -0.39 is 0 Å². The minimum atomic E-state index is -0.0819. The molecule has 0 fully saturated rings. The van der Waals surface area contributed by atoms with Crippen LogP contribution in [0.1, 0.15) is 11.7 Å². The molecule has 518 valence electrons. The quantitative estimate of drug-likeness (QED) is 0.110. The first-order chi connectivity index (χ1) is 54.5. The molecule has 19 aromatic rings. The van der Waals surface area contributed by atoms with Gasteiger partial charge in [-0.1, -0.05) is 237 Å². The molecule has 1 N–H and O–H groups in total. The van der Waals surface area contributed by atoms with Gasteiger partial charge in [-0.2, -0.15) is 0 Å². The molecule has 14 nitrogen and oxygen atoms in total. The average Bonchev–Trinajstić information content (AvgIpc) is 1.60. The van der Waals surface area contributed by atoms with Crippen LogP contribution in [-0.2, 0) is 0 Å². The molecule has 10 aromatic carbocycles. The Morgan fingerprint density at radius 1 is 0.236 bits per heavy atom. The highest BCUT2D eigenvalue weighted by molar-refractivity contribution is 6.10. The number of nitrogens with one attached hydrogen (secondary N) is 1. The number of fused-ring (bicyclic) bond motifs is 6. The molecule has 0 saturated carbocycles. The Morgan fingerprint density at radius 2 is 0.618 bits per heavy atom. The van der Waals surface area contributed by atoms with Gasteiger partial charge in [0.15, 0.2) is 34.9 Å². The molecule has 10 heterocycles. The lowest BCUT2D eigenvalue weighted by molar-refractivity contribution is 0.722. The first-order valence-electron chi connectivity index (χ1n) is 36.4. The summed E-state index contributed by atoms with van der Waals surface area (Å²) >= 11 is 0. The number of rotatable bonds is 14. The van der Waals surface area contributed by atoms with E-state index in [1.807, 2.05) is 195 Å². The van der Waals surface area contributed by atoms with Crippen LogP contribution in [0.2, 0.25) is 0 Å². The normalized spacial score (nSPS) is 12.5. The highest BCUT2D eigenvalue weighted by Gasteiger charge is 2.21. The summed E-state index contributed by atoms with van der Waals surface area (Å²) < 4.78 is 4.68. The van der Waals surface area contributed by atoms with E-state index in [9.17, 15) is 0 Å². The number of para-hydroxylation sites is 4. The minimum absolute atomic E-state index is 0.0819. The first-order valence-corrected chi connectivity index (χ1v) is 36.4. The number of hydrogen-bond acceptors (Lipinski definition) is 12. The molecule has 1 aliphatic heterocycles. The molecule has 0 saturated heterocycles. The van der Waals surface area contributed by atoms with Crippen LogP contribution in [0.3, 0.4) is 0 Å². The summed E-state index contributed by atoms with van der Waals surface area (Å²) in [6.45, 7) is 0. The summed E-state index contributed by atoms with van der Waals surface area (Å²) in [7, 11) is 0. The molecule has 0 bridgehead atoms. The Hall–Kier alpha value is -15.2. The zero-order valence-electron chi connectivity index (χ0n) is 59.2. The van der Waals surface area contributed by atoms with Gasteiger partial charge in [0.25, 0.3) is 0 Å². The number of pyridine rings is 5. The van der Waals surface area contributed by atoms with Crippen molar-refractivity contribution in [1.82, 2.24) is 69.3 Å². The maximum atomic E-state index is 5.16. The third-order valence-electron chi connectivity index (χ3n) is 19.7. The van der Waals surface area contributed by atoms with Gasteiger partial charge in [-0.25, -0.2) is 39.9 Å². The molecule has 0 aliphatic carbocycles. The number of allylic oxidation sites excluding steroid dienone is 2. The Bertz CT molecular complexity index is 6430. The average molecular weight is 1410 g/mol. The third-order valence-corrected chi connectivity index (χ3v) is 19.7. The SMILES string of the molecule is C1=CNC(c2cc(-c3cccc(-n4c5ccccc5c5ccccc54)c3)cc(-c3ccc(-c4nc(-c5ccccc5)nc(-c5ccccc5)n4)cn3)n2)C=C1.c1ccc(-c2nc(-c3ccccc3)nc(-c3ccc(-c4cc(-c5ccc(-n6c7ccccc7c7ccccc76)cc5)cc(-c5ccccn5)n4)nc3)n2)cc1. The molecule has 1 unspecified atom stereocenters. The van der Waals surface area contributed by atoms with E-state index in [0.717, 1.165) is 107 Å². The lowest BCUT2D eigenvalue weighted by Crippen LogP contribution is -2.16. The Balaban J connectivity index is 0.000000149. The zero-order valence-corrected chi connectivity index (χ0v) is 59.2. The van der Waals surface area contributed by atoms with Gasteiger partial charge >= 0.3 is 0 Å². The molecule has 0 spiro atoms. The molecule has 1 aliphatic rings. The van der Waals surface area contributed by atoms with Crippen molar-refractivity contribution in [3.8, 4) is 136 Å². The van der Waals surface area contributed by atoms with Crippen molar-refractivity contribution in [2.24, 2.45) is 0 Å². The summed E-state index contributed by atoms with van der Waals surface area (Å²) in [6, 6.07) is 114. The van der Waals surface area contributed by atoms with E-state index in [2.05, 4.69) is 195 Å². The molecular formula is C96H64N14. The molecule has 20 rings (SSSR count). The molecule has 9 aromatic heterocycles.